The molecule has 1 amide bonds. The molecule has 0 unspecified atom stereocenters. The van der Waals surface area contributed by atoms with Crippen molar-refractivity contribution >= 4 is 28.3 Å². The average Bonchev–Trinajstić information content (AvgIpc) is 3.28. The first kappa shape index (κ1) is 20.5. The van der Waals surface area contributed by atoms with E-state index in [-0.39, 0.29) is 5.91 Å². The molecule has 0 atom stereocenters. The van der Waals surface area contributed by atoms with E-state index in [2.05, 4.69) is 27.4 Å². The number of aromatic nitrogens is 3. The molecule has 0 radical (unpaired) electrons. The number of piperazine rings is 1. The van der Waals surface area contributed by atoms with E-state index in [1.165, 1.54) is 22.7 Å². The zero-order valence-corrected chi connectivity index (χ0v) is 18.2. The molecule has 4 heterocycles. The lowest BCUT2D eigenvalue weighted by atomic mass is 10.0. The second-order valence-corrected chi connectivity index (χ2v) is 8.59. The van der Waals surface area contributed by atoms with E-state index >= 15 is 0 Å². The Kier molecular flexibility index (Phi) is 5.57. The van der Waals surface area contributed by atoms with Gasteiger partial charge in [0, 0.05) is 57.9 Å². The van der Waals surface area contributed by atoms with Crippen LogP contribution in [0.5, 0.6) is 0 Å². The van der Waals surface area contributed by atoms with Crippen molar-refractivity contribution in [1.82, 2.24) is 23.9 Å². The summed E-state index contributed by atoms with van der Waals surface area (Å²) < 4.78 is 2.42. The summed E-state index contributed by atoms with van der Waals surface area (Å²) in [5.74, 6) is -0.104. The average molecular weight is 428 g/mol. The number of carbonyl (C=O) groups is 1. The predicted octanol–water partition coefficient (Wildman–Crippen LogP) is 1.21. The van der Waals surface area contributed by atoms with Gasteiger partial charge >= 0.3 is 5.69 Å². The number of aryl methyl sites for hydroxylation is 2. The van der Waals surface area contributed by atoms with Crippen LogP contribution in [0.25, 0.3) is 11.0 Å². The van der Waals surface area contributed by atoms with E-state index in [9.17, 15) is 14.4 Å². The molecule has 4 rings (SSSR count). The van der Waals surface area contributed by atoms with Gasteiger partial charge in [0.1, 0.15) is 5.65 Å². The predicted molar refractivity (Wildman–Crippen MR) is 117 cm³/mol. The van der Waals surface area contributed by atoms with Gasteiger partial charge in [0.2, 0.25) is 0 Å². The molecule has 30 heavy (non-hydrogen) atoms. The van der Waals surface area contributed by atoms with E-state index in [0.29, 0.717) is 41.7 Å². The number of rotatable bonds is 4. The van der Waals surface area contributed by atoms with Crippen LogP contribution in [0.15, 0.2) is 33.3 Å². The maximum Gasteiger partial charge on any atom is 0.332 e. The zero-order valence-electron chi connectivity index (χ0n) is 17.4. The molecule has 0 bridgehead atoms. The third-order valence-corrected chi connectivity index (χ3v) is 6.64. The van der Waals surface area contributed by atoms with Crippen molar-refractivity contribution in [2.45, 2.75) is 19.9 Å². The van der Waals surface area contributed by atoms with Gasteiger partial charge in [-0.25, -0.2) is 9.78 Å². The van der Waals surface area contributed by atoms with Crippen LogP contribution >= 0.6 is 11.3 Å². The highest BCUT2D eigenvalue weighted by Crippen LogP contribution is 2.20. The Bertz CT molecular complexity index is 1200. The van der Waals surface area contributed by atoms with Crippen molar-refractivity contribution in [2.24, 2.45) is 14.1 Å². The van der Waals surface area contributed by atoms with E-state index in [0.717, 1.165) is 24.2 Å². The van der Waals surface area contributed by atoms with Crippen LogP contribution in [-0.4, -0.2) is 56.0 Å². The molecule has 1 aliphatic rings. The molecule has 0 spiro atoms. The molecule has 9 heteroatoms. The number of pyridine rings is 1. The molecule has 1 aliphatic heterocycles. The zero-order chi connectivity index (χ0) is 21.4. The van der Waals surface area contributed by atoms with Gasteiger partial charge in [0.25, 0.3) is 11.5 Å². The molecular weight excluding hydrogens is 402 g/mol. The van der Waals surface area contributed by atoms with E-state index in [1.807, 2.05) is 11.8 Å². The van der Waals surface area contributed by atoms with Gasteiger partial charge in [-0.15, -0.1) is 11.3 Å². The fourth-order valence-electron chi connectivity index (χ4n) is 4.04. The molecule has 1 saturated heterocycles. The summed E-state index contributed by atoms with van der Waals surface area (Å²) in [6, 6.07) is 4.18. The first-order chi connectivity index (χ1) is 14.4. The Morgan fingerprint density at radius 3 is 2.50 bits per heavy atom. The minimum absolute atomic E-state index is 0.104. The highest BCUT2D eigenvalue weighted by atomic mass is 32.1. The van der Waals surface area contributed by atoms with Gasteiger partial charge in [0.15, 0.2) is 0 Å². The van der Waals surface area contributed by atoms with Crippen molar-refractivity contribution in [2.75, 3.05) is 26.2 Å². The van der Waals surface area contributed by atoms with Crippen LogP contribution in [0, 0.1) is 0 Å². The maximum atomic E-state index is 13.3. The van der Waals surface area contributed by atoms with E-state index in [1.54, 1.807) is 18.4 Å². The molecule has 0 aliphatic carbocycles. The van der Waals surface area contributed by atoms with Crippen LogP contribution in [0.3, 0.4) is 0 Å². The van der Waals surface area contributed by atoms with Crippen molar-refractivity contribution in [3.63, 3.8) is 0 Å². The van der Waals surface area contributed by atoms with Crippen LogP contribution in [0.1, 0.15) is 27.7 Å². The van der Waals surface area contributed by atoms with Gasteiger partial charge in [-0.05, 0) is 23.4 Å². The minimum atomic E-state index is -0.428. The monoisotopic (exact) mass is 427 g/mol. The number of carbonyl (C=O) groups excluding carboxylic acids is 1. The number of nitrogens with zero attached hydrogens (tertiary/aromatic N) is 5. The second-order valence-electron chi connectivity index (χ2n) is 7.56. The summed E-state index contributed by atoms with van der Waals surface area (Å²) in [5, 5.41) is 2.43. The number of amides is 1. The third-order valence-electron chi connectivity index (χ3n) is 5.78. The molecule has 1 fully saturated rings. The smallest absolute Gasteiger partial charge is 0.332 e. The van der Waals surface area contributed by atoms with Gasteiger partial charge < -0.3 is 4.90 Å². The van der Waals surface area contributed by atoms with Crippen molar-refractivity contribution < 1.29 is 4.79 Å². The molecule has 3 aromatic rings. The summed E-state index contributed by atoms with van der Waals surface area (Å²) in [4.78, 5) is 48.1. The van der Waals surface area contributed by atoms with Crippen LogP contribution < -0.4 is 11.2 Å². The quantitative estimate of drug-likeness (QED) is 0.625. The molecule has 0 saturated carbocycles. The third kappa shape index (κ3) is 3.48. The normalized spacial score (nSPS) is 15.1. The molecular formula is C21H25N5O3S. The Morgan fingerprint density at radius 1 is 1.13 bits per heavy atom. The van der Waals surface area contributed by atoms with Crippen LogP contribution in [-0.2, 0) is 27.1 Å². The molecule has 0 aromatic carbocycles. The molecule has 158 valence electrons. The molecule has 8 nitrogen and oxygen atoms in total. The number of hydrogen-bond acceptors (Lipinski definition) is 6. The maximum absolute atomic E-state index is 13.3. The summed E-state index contributed by atoms with van der Waals surface area (Å²) in [6.45, 7) is 5.70. The standard InChI is InChI=1S/C21H25N5O3S/c1-4-15-16(12-22-18-17(15)20(28)24(3)21(29)23(18)2)19(27)26-9-7-25(8-10-26)13-14-6-5-11-30-14/h5-6,11-12H,4,7-10,13H2,1-3H3. The summed E-state index contributed by atoms with van der Waals surface area (Å²) in [6.07, 6.45) is 2.02. The van der Waals surface area contributed by atoms with Crippen LogP contribution in [0.4, 0.5) is 0 Å². The lowest BCUT2D eigenvalue weighted by molar-refractivity contribution is 0.0628. The van der Waals surface area contributed by atoms with Gasteiger partial charge in [-0.3, -0.25) is 23.6 Å². The van der Waals surface area contributed by atoms with Crippen molar-refractivity contribution in [3.8, 4) is 0 Å². The second kappa shape index (κ2) is 8.16. The molecule has 3 aromatic heterocycles. The van der Waals surface area contributed by atoms with Gasteiger partial charge in [-0.2, -0.15) is 0 Å². The molecule has 0 N–H and O–H groups in total. The number of fused-ring (bicyclic) bond motifs is 1. The number of hydrogen-bond donors (Lipinski definition) is 0. The Labute approximate surface area is 178 Å². The van der Waals surface area contributed by atoms with Gasteiger partial charge in [-0.1, -0.05) is 13.0 Å². The largest absolute Gasteiger partial charge is 0.336 e. The Balaban J connectivity index is 1.62. The fourth-order valence-corrected chi connectivity index (χ4v) is 4.79. The lowest BCUT2D eigenvalue weighted by Crippen LogP contribution is -2.48. The summed E-state index contributed by atoms with van der Waals surface area (Å²) in [5.41, 5.74) is 0.586. The van der Waals surface area contributed by atoms with E-state index in [4.69, 9.17) is 0 Å². The fraction of sp³-hybridized carbons (Fsp3) is 0.429. The Hall–Kier alpha value is -2.78. The topological polar surface area (TPSA) is 80.4 Å². The SMILES string of the molecule is CCc1c(C(=O)N2CCN(Cc3cccs3)CC2)cnc2c1c(=O)n(C)c(=O)n2C. The highest BCUT2D eigenvalue weighted by molar-refractivity contribution is 7.09. The first-order valence-corrected chi connectivity index (χ1v) is 10.9. The van der Waals surface area contributed by atoms with Gasteiger partial charge in [0.05, 0.1) is 10.9 Å². The summed E-state index contributed by atoms with van der Waals surface area (Å²) in [7, 11) is 3.04. The van der Waals surface area contributed by atoms with Crippen molar-refractivity contribution in [1.29, 1.82) is 0 Å². The minimum Gasteiger partial charge on any atom is -0.336 e. The van der Waals surface area contributed by atoms with Crippen LogP contribution in [0.2, 0.25) is 0 Å². The van der Waals surface area contributed by atoms with Crippen molar-refractivity contribution in [3.05, 3.63) is 60.6 Å². The lowest BCUT2D eigenvalue weighted by Gasteiger charge is -2.34. The van der Waals surface area contributed by atoms with E-state index < -0.39 is 11.2 Å². The Morgan fingerprint density at radius 2 is 1.87 bits per heavy atom. The summed E-state index contributed by atoms with van der Waals surface area (Å²) >= 11 is 1.74. The number of thiophene rings is 1. The highest BCUT2D eigenvalue weighted by Gasteiger charge is 2.26. The first-order valence-electron chi connectivity index (χ1n) is 10.0.